The maximum Gasteiger partial charge on any atom is 0.480 e. The van der Waals surface area contributed by atoms with Crippen molar-refractivity contribution >= 4 is 31.2 Å². The predicted octanol–water partition coefficient (Wildman–Crippen LogP) is 1.56. The number of alkyl halides is 3. The van der Waals surface area contributed by atoms with Crippen LogP contribution in [0, 0.1) is 0 Å². The number of benzene rings is 1. The fourth-order valence-corrected chi connectivity index (χ4v) is 5.55. The Morgan fingerprint density at radius 3 is 2.19 bits per heavy atom. The molecule has 1 aliphatic rings. The zero-order valence-corrected chi connectivity index (χ0v) is 16.2. The standard InChI is InChI=1S/C13H16F3NO7S3/c14-13(15,16)26(18,19)17-27(20,21)24-6-5-23-11-1-3-12(4-2-11)25-9-7-22-8-10-25/h1-4H,5-10H2. The summed E-state index contributed by atoms with van der Waals surface area (Å²) in [6, 6.07) is 7.08. The van der Waals surface area contributed by atoms with Crippen molar-refractivity contribution in [3.8, 4) is 5.75 Å². The minimum atomic E-state index is -6.20. The van der Waals surface area contributed by atoms with Crippen molar-refractivity contribution in [2.24, 2.45) is 0 Å². The fraction of sp³-hybridized carbons (Fsp3) is 0.538. The lowest BCUT2D eigenvalue weighted by molar-refractivity contribution is -0.0425. The van der Waals surface area contributed by atoms with Crippen LogP contribution in [-0.2, 0) is 40.1 Å². The van der Waals surface area contributed by atoms with E-state index in [2.05, 4.69) is 4.18 Å². The van der Waals surface area contributed by atoms with Gasteiger partial charge in [-0.25, -0.2) is 16.8 Å². The van der Waals surface area contributed by atoms with E-state index < -0.39 is 32.4 Å². The number of sulfonamides is 1. The first-order valence-electron chi connectivity index (χ1n) is 7.43. The Morgan fingerprint density at radius 1 is 1.04 bits per heavy atom. The molecule has 0 aliphatic carbocycles. The zero-order chi connectivity index (χ0) is 20.1. The van der Waals surface area contributed by atoms with Gasteiger partial charge in [0.2, 0.25) is 10.3 Å². The molecular weight excluding hydrogens is 435 g/mol. The lowest BCUT2D eigenvalue weighted by Crippen LogP contribution is -2.26. The summed E-state index contributed by atoms with van der Waals surface area (Å²) in [6.45, 7) is 0.382. The summed E-state index contributed by atoms with van der Waals surface area (Å²) in [5.41, 5.74) is -5.83. The van der Waals surface area contributed by atoms with Crippen LogP contribution in [0.15, 0.2) is 29.2 Å². The van der Waals surface area contributed by atoms with Crippen molar-refractivity contribution in [1.29, 1.82) is 0 Å². The molecule has 0 unspecified atom stereocenters. The second-order valence-electron chi connectivity index (χ2n) is 5.08. The van der Waals surface area contributed by atoms with Gasteiger partial charge in [0.1, 0.15) is 23.9 Å². The topological polar surface area (TPSA) is 110 Å². The lowest BCUT2D eigenvalue weighted by atomic mass is 10.3. The van der Waals surface area contributed by atoms with Gasteiger partial charge in [-0.1, -0.05) is 0 Å². The first-order chi connectivity index (χ1) is 12.5. The number of nitrogens with zero attached hydrogens (tertiary/aromatic N) is 1. The Bertz CT molecular complexity index is 820. The van der Waals surface area contributed by atoms with Crippen molar-refractivity contribution in [3.05, 3.63) is 28.4 Å². The molecule has 0 bridgehead atoms. The lowest BCUT2D eigenvalue weighted by Gasteiger charge is -2.21. The molecule has 1 saturated heterocycles. The van der Waals surface area contributed by atoms with E-state index in [4.69, 9.17) is 9.47 Å². The Kier molecular flexibility index (Phi) is 7.38. The van der Waals surface area contributed by atoms with Crippen molar-refractivity contribution in [1.82, 2.24) is 0 Å². The summed E-state index contributed by atoms with van der Waals surface area (Å²) >= 11 is 0. The second kappa shape index (κ2) is 8.96. The van der Waals surface area contributed by atoms with E-state index in [0.717, 1.165) is 16.4 Å². The molecule has 1 aromatic rings. The van der Waals surface area contributed by atoms with Crippen molar-refractivity contribution < 1.29 is 43.7 Å². The van der Waals surface area contributed by atoms with Crippen LogP contribution in [0.25, 0.3) is 4.13 Å². The summed E-state index contributed by atoms with van der Waals surface area (Å²) in [6.07, 6.45) is 0. The van der Waals surface area contributed by atoms with Gasteiger partial charge in [0, 0.05) is 10.9 Å². The fourth-order valence-electron chi connectivity index (χ4n) is 1.97. The molecule has 0 aromatic heterocycles. The van der Waals surface area contributed by atoms with Crippen LogP contribution in [-0.4, -0.2) is 60.3 Å². The maximum absolute atomic E-state index is 12.1. The van der Waals surface area contributed by atoms with Crippen molar-refractivity contribution in [2.75, 3.05) is 37.9 Å². The molecule has 8 nitrogen and oxygen atoms in total. The van der Waals surface area contributed by atoms with Gasteiger partial charge in [-0.05, 0) is 24.3 Å². The molecular formula is C13H16F3NO7S3. The monoisotopic (exact) mass is 451 g/mol. The summed E-state index contributed by atoms with van der Waals surface area (Å²) in [5.74, 6) is 2.28. The molecule has 0 spiro atoms. The van der Waals surface area contributed by atoms with E-state index in [-0.39, 0.29) is 17.5 Å². The average molecular weight is 451 g/mol. The van der Waals surface area contributed by atoms with Crippen LogP contribution < -0.4 is 4.74 Å². The summed E-state index contributed by atoms with van der Waals surface area (Å²) in [7, 11) is -11.4. The molecule has 1 aromatic carbocycles. The van der Waals surface area contributed by atoms with E-state index in [1.165, 1.54) is 0 Å². The highest BCUT2D eigenvalue weighted by atomic mass is 32.3. The SMILES string of the molecule is O=S(=O)([N-]S(=O)(=O)C(F)(F)F)OCCOc1ccc([S+]2CCOCC2)cc1. The van der Waals surface area contributed by atoms with E-state index in [9.17, 15) is 30.0 Å². The van der Waals surface area contributed by atoms with Gasteiger partial charge in [-0.2, -0.15) is 13.2 Å². The molecule has 0 atom stereocenters. The van der Waals surface area contributed by atoms with E-state index in [1.807, 2.05) is 12.1 Å². The van der Waals surface area contributed by atoms with Gasteiger partial charge < -0.3 is 13.6 Å². The van der Waals surface area contributed by atoms with Gasteiger partial charge in [0.15, 0.2) is 14.9 Å². The van der Waals surface area contributed by atoms with E-state index in [0.29, 0.717) is 19.0 Å². The molecule has 2 rings (SSSR count). The Labute approximate surface area is 157 Å². The molecule has 0 amide bonds. The van der Waals surface area contributed by atoms with Gasteiger partial charge in [-0.15, -0.1) is 0 Å². The molecule has 14 heteroatoms. The largest absolute Gasteiger partial charge is 0.491 e. The summed E-state index contributed by atoms with van der Waals surface area (Å²) in [4.78, 5) is 1.14. The number of rotatable bonds is 8. The number of hydrogen-bond donors (Lipinski definition) is 0. The molecule has 27 heavy (non-hydrogen) atoms. The van der Waals surface area contributed by atoms with Crippen LogP contribution in [0.1, 0.15) is 0 Å². The normalized spacial score (nSPS) is 17.0. The molecule has 0 N–H and O–H groups in total. The third-order valence-corrected chi connectivity index (χ3v) is 7.99. The Morgan fingerprint density at radius 2 is 1.63 bits per heavy atom. The summed E-state index contributed by atoms with van der Waals surface area (Å²) in [5, 5.41) is 0. The van der Waals surface area contributed by atoms with E-state index >= 15 is 0 Å². The highest BCUT2D eigenvalue weighted by Gasteiger charge is 2.40. The quantitative estimate of drug-likeness (QED) is 0.436. The van der Waals surface area contributed by atoms with Gasteiger partial charge in [-0.3, -0.25) is 4.18 Å². The summed E-state index contributed by atoms with van der Waals surface area (Å²) < 4.78 is 96.5. The number of hydrogen-bond acceptors (Lipinski definition) is 7. The molecule has 1 aliphatic heterocycles. The number of ether oxygens (including phenoxy) is 2. The van der Waals surface area contributed by atoms with Crippen LogP contribution in [0.5, 0.6) is 5.75 Å². The molecule has 154 valence electrons. The molecule has 1 fully saturated rings. The Hall–Kier alpha value is -1.06. The van der Waals surface area contributed by atoms with Crippen molar-refractivity contribution in [2.45, 2.75) is 10.4 Å². The molecule has 0 radical (unpaired) electrons. The maximum atomic E-state index is 12.1. The third-order valence-electron chi connectivity index (χ3n) is 3.17. The first kappa shape index (κ1) is 22.2. The van der Waals surface area contributed by atoms with Crippen LogP contribution >= 0.6 is 0 Å². The van der Waals surface area contributed by atoms with Crippen LogP contribution in [0.2, 0.25) is 0 Å². The van der Waals surface area contributed by atoms with E-state index in [1.54, 1.807) is 16.3 Å². The van der Waals surface area contributed by atoms with Crippen LogP contribution in [0.4, 0.5) is 13.2 Å². The molecule has 0 saturated carbocycles. The minimum absolute atomic E-state index is 0.102. The highest BCUT2D eigenvalue weighted by Crippen LogP contribution is 2.30. The van der Waals surface area contributed by atoms with Gasteiger partial charge in [0.05, 0.1) is 19.8 Å². The Balaban J connectivity index is 1.79. The predicted molar refractivity (Wildman–Crippen MR) is 91.3 cm³/mol. The smallest absolute Gasteiger partial charge is 0.480 e. The first-order valence-corrected chi connectivity index (χ1v) is 11.8. The second-order valence-corrected chi connectivity index (χ2v) is 10.5. The van der Waals surface area contributed by atoms with Gasteiger partial charge >= 0.3 is 5.51 Å². The third kappa shape index (κ3) is 6.80. The van der Waals surface area contributed by atoms with Crippen molar-refractivity contribution in [3.63, 3.8) is 0 Å². The minimum Gasteiger partial charge on any atom is -0.491 e. The highest BCUT2D eigenvalue weighted by molar-refractivity contribution is 8.10. The average Bonchev–Trinajstić information content (AvgIpc) is 2.58. The van der Waals surface area contributed by atoms with Gasteiger partial charge in [0.25, 0.3) is 0 Å². The zero-order valence-electron chi connectivity index (χ0n) is 13.7. The number of halogens is 3. The molecule has 1 heterocycles. The van der Waals surface area contributed by atoms with Crippen LogP contribution in [0.3, 0.4) is 0 Å².